The van der Waals surface area contributed by atoms with Gasteiger partial charge in [-0.05, 0) is 44.1 Å². The monoisotopic (exact) mass is 341 g/mol. The third-order valence-electron chi connectivity index (χ3n) is 4.53. The normalized spacial score (nSPS) is 16.2. The second-order valence-electron chi connectivity index (χ2n) is 6.11. The summed E-state index contributed by atoms with van der Waals surface area (Å²) in [6.07, 6.45) is 4.91. The molecule has 7 nitrogen and oxygen atoms in total. The van der Waals surface area contributed by atoms with Gasteiger partial charge in [0.1, 0.15) is 5.54 Å². The predicted octanol–water partition coefficient (Wildman–Crippen LogP) is 0.508. The van der Waals surface area contributed by atoms with Gasteiger partial charge in [0.2, 0.25) is 5.91 Å². The molecule has 2 amide bonds. The summed E-state index contributed by atoms with van der Waals surface area (Å²) in [5, 5.41) is 13.3. The fourth-order valence-corrected chi connectivity index (χ4v) is 3.13. The van der Waals surface area contributed by atoms with E-state index in [4.69, 9.17) is 0 Å². The Balaban J connectivity index is 1.53. The summed E-state index contributed by atoms with van der Waals surface area (Å²) >= 11 is 0. The van der Waals surface area contributed by atoms with Crippen LogP contribution in [0.5, 0.6) is 0 Å². The van der Waals surface area contributed by atoms with E-state index >= 15 is 0 Å². The first kappa shape index (κ1) is 17.2. The Hall–Kier alpha value is -2.67. The zero-order chi connectivity index (χ0) is 17.5. The van der Waals surface area contributed by atoms with E-state index in [-0.39, 0.29) is 11.8 Å². The lowest BCUT2D eigenvalue weighted by Gasteiger charge is -2.36. The molecule has 0 unspecified atom stereocenters. The second-order valence-corrected chi connectivity index (χ2v) is 6.11. The van der Waals surface area contributed by atoms with Crippen LogP contribution in [0.4, 0.5) is 0 Å². The summed E-state index contributed by atoms with van der Waals surface area (Å²) in [4.78, 5) is 24.8. The van der Waals surface area contributed by atoms with Gasteiger partial charge < -0.3 is 16.0 Å². The number of rotatable bonds is 6. The van der Waals surface area contributed by atoms with Crippen LogP contribution in [0.3, 0.4) is 0 Å². The Labute approximate surface area is 146 Å². The molecule has 1 fully saturated rings. The fraction of sp³-hybridized carbons (Fsp3) is 0.389. The highest BCUT2D eigenvalue weighted by Gasteiger charge is 2.41. The van der Waals surface area contributed by atoms with Crippen LogP contribution in [-0.2, 0) is 10.3 Å². The number of hydrogen-bond donors (Lipinski definition) is 3. The molecule has 0 atom stereocenters. The number of nitrogens with one attached hydrogen (secondary N) is 3. The predicted molar refractivity (Wildman–Crippen MR) is 94.1 cm³/mol. The minimum atomic E-state index is -0.655. The van der Waals surface area contributed by atoms with E-state index in [0.29, 0.717) is 31.5 Å². The molecule has 132 valence electrons. The SMILES string of the molecule is O=C(NCCNC(=O)C1(n2cccn2)CCNCC1)c1ccccc1. The summed E-state index contributed by atoms with van der Waals surface area (Å²) in [7, 11) is 0. The highest BCUT2D eigenvalue weighted by molar-refractivity contribution is 5.94. The highest BCUT2D eigenvalue weighted by Crippen LogP contribution is 2.26. The molecule has 1 aliphatic heterocycles. The molecule has 0 spiro atoms. The second kappa shape index (κ2) is 7.94. The maximum absolute atomic E-state index is 12.8. The zero-order valence-corrected chi connectivity index (χ0v) is 14.1. The number of carbonyl (C=O) groups excluding carboxylic acids is 2. The Morgan fingerprint density at radius 2 is 1.80 bits per heavy atom. The third-order valence-corrected chi connectivity index (χ3v) is 4.53. The van der Waals surface area contributed by atoms with Crippen LogP contribution in [0.1, 0.15) is 23.2 Å². The van der Waals surface area contributed by atoms with Gasteiger partial charge in [0, 0.05) is 31.0 Å². The van der Waals surface area contributed by atoms with E-state index in [9.17, 15) is 9.59 Å². The minimum absolute atomic E-state index is 0.0494. The Morgan fingerprint density at radius 3 is 2.48 bits per heavy atom. The maximum atomic E-state index is 12.8. The van der Waals surface area contributed by atoms with Gasteiger partial charge in [-0.3, -0.25) is 14.3 Å². The van der Waals surface area contributed by atoms with Crippen LogP contribution in [0.2, 0.25) is 0 Å². The quantitative estimate of drug-likeness (QED) is 0.668. The highest BCUT2D eigenvalue weighted by atomic mass is 16.2. The van der Waals surface area contributed by atoms with E-state index in [1.54, 1.807) is 23.0 Å². The number of nitrogens with zero attached hydrogens (tertiary/aromatic N) is 2. The van der Waals surface area contributed by atoms with Crippen LogP contribution >= 0.6 is 0 Å². The van der Waals surface area contributed by atoms with E-state index in [1.807, 2.05) is 30.5 Å². The molecule has 25 heavy (non-hydrogen) atoms. The van der Waals surface area contributed by atoms with Crippen LogP contribution in [0, 0.1) is 0 Å². The molecule has 2 heterocycles. The standard InChI is InChI=1S/C18H23N5O2/c24-16(15-5-2-1-3-6-15)20-12-13-21-17(25)18(7-10-19-11-8-18)23-14-4-9-22-23/h1-6,9,14,19H,7-8,10-13H2,(H,20,24)(H,21,25). The van der Waals surface area contributed by atoms with Crippen LogP contribution in [-0.4, -0.2) is 47.8 Å². The van der Waals surface area contributed by atoms with E-state index in [1.165, 1.54) is 0 Å². The summed E-state index contributed by atoms with van der Waals surface area (Å²) in [5.74, 6) is -0.190. The van der Waals surface area contributed by atoms with Crippen LogP contribution < -0.4 is 16.0 Å². The lowest BCUT2D eigenvalue weighted by molar-refractivity contribution is -0.131. The third kappa shape index (κ3) is 3.88. The van der Waals surface area contributed by atoms with Gasteiger partial charge in [-0.1, -0.05) is 18.2 Å². The summed E-state index contributed by atoms with van der Waals surface area (Å²) < 4.78 is 1.76. The number of piperidine rings is 1. The van der Waals surface area contributed by atoms with Gasteiger partial charge in [0.05, 0.1) is 0 Å². The van der Waals surface area contributed by atoms with Crippen molar-refractivity contribution in [1.29, 1.82) is 0 Å². The molecule has 3 N–H and O–H groups in total. The van der Waals surface area contributed by atoms with Crippen molar-refractivity contribution in [1.82, 2.24) is 25.7 Å². The Morgan fingerprint density at radius 1 is 1.08 bits per heavy atom. The lowest BCUT2D eigenvalue weighted by Crippen LogP contribution is -2.55. The first-order valence-corrected chi connectivity index (χ1v) is 8.55. The van der Waals surface area contributed by atoms with E-state index in [0.717, 1.165) is 13.1 Å². The van der Waals surface area contributed by atoms with Crippen molar-refractivity contribution in [2.75, 3.05) is 26.2 Å². The van der Waals surface area contributed by atoms with E-state index < -0.39 is 5.54 Å². The summed E-state index contributed by atoms with van der Waals surface area (Å²) in [6, 6.07) is 10.9. The Bertz CT molecular complexity index is 694. The molecule has 7 heteroatoms. The molecular weight excluding hydrogens is 318 g/mol. The van der Waals surface area contributed by atoms with Crippen LogP contribution in [0.15, 0.2) is 48.8 Å². The molecule has 0 saturated carbocycles. The maximum Gasteiger partial charge on any atom is 0.251 e. The summed E-state index contributed by atoms with van der Waals surface area (Å²) in [5.41, 5.74) is -0.0433. The minimum Gasteiger partial charge on any atom is -0.352 e. The molecule has 0 aliphatic carbocycles. The van der Waals surface area contributed by atoms with Crippen LogP contribution in [0.25, 0.3) is 0 Å². The molecule has 1 saturated heterocycles. The molecule has 1 aromatic heterocycles. The molecule has 2 aromatic rings. The van der Waals surface area contributed by atoms with Gasteiger partial charge in [0.15, 0.2) is 0 Å². The number of amides is 2. The smallest absolute Gasteiger partial charge is 0.251 e. The molecule has 0 radical (unpaired) electrons. The molecule has 1 aromatic carbocycles. The molecular formula is C18H23N5O2. The fourth-order valence-electron chi connectivity index (χ4n) is 3.13. The van der Waals surface area contributed by atoms with Gasteiger partial charge in [-0.15, -0.1) is 0 Å². The average Bonchev–Trinajstić information content (AvgIpc) is 3.21. The Kier molecular flexibility index (Phi) is 5.45. The number of aromatic nitrogens is 2. The first-order valence-electron chi connectivity index (χ1n) is 8.55. The number of carbonyl (C=O) groups is 2. The van der Waals surface area contributed by atoms with E-state index in [2.05, 4.69) is 21.0 Å². The van der Waals surface area contributed by atoms with Crippen molar-refractivity contribution in [3.05, 3.63) is 54.4 Å². The van der Waals surface area contributed by atoms with Gasteiger partial charge >= 0.3 is 0 Å². The molecule has 3 rings (SSSR count). The van der Waals surface area contributed by atoms with Crippen molar-refractivity contribution >= 4 is 11.8 Å². The van der Waals surface area contributed by atoms with Crippen molar-refractivity contribution in [3.8, 4) is 0 Å². The first-order chi connectivity index (χ1) is 12.2. The van der Waals surface area contributed by atoms with Crippen molar-refractivity contribution < 1.29 is 9.59 Å². The van der Waals surface area contributed by atoms with Crippen molar-refractivity contribution in [3.63, 3.8) is 0 Å². The molecule has 1 aliphatic rings. The molecule has 0 bridgehead atoms. The topological polar surface area (TPSA) is 88.1 Å². The van der Waals surface area contributed by atoms with Gasteiger partial charge in [-0.2, -0.15) is 5.10 Å². The number of benzene rings is 1. The average molecular weight is 341 g/mol. The lowest BCUT2D eigenvalue weighted by atomic mass is 9.87. The largest absolute Gasteiger partial charge is 0.352 e. The summed E-state index contributed by atoms with van der Waals surface area (Å²) in [6.45, 7) is 2.32. The van der Waals surface area contributed by atoms with Crippen molar-refractivity contribution in [2.24, 2.45) is 0 Å². The van der Waals surface area contributed by atoms with Crippen molar-refractivity contribution in [2.45, 2.75) is 18.4 Å². The zero-order valence-electron chi connectivity index (χ0n) is 14.1. The van der Waals surface area contributed by atoms with Gasteiger partial charge in [0.25, 0.3) is 5.91 Å². The van der Waals surface area contributed by atoms with Gasteiger partial charge in [-0.25, -0.2) is 0 Å². The number of hydrogen-bond acceptors (Lipinski definition) is 4.